The highest BCUT2D eigenvalue weighted by Crippen LogP contribution is 2.35. The molecule has 0 radical (unpaired) electrons. The Balaban J connectivity index is 1.62. The highest BCUT2D eigenvalue weighted by Gasteiger charge is 2.19. The first-order valence-corrected chi connectivity index (χ1v) is 10.1. The summed E-state index contributed by atoms with van der Waals surface area (Å²) in [5.41, 5.74) is 5.59. The van der Waals surface area contributed by atoms with Crippen LogP contribution in [-0.4, -0.2) is 22.2 Å². The van der Waals surface area contributed by atoms with Crippen molar-refractivity contribution >= 4 is 10.9 Å². The topological polar surface area (TPSA) is 71.3 Å². The van der Waals surface area contributed by atoms with Crippen molar-refractivity contribution < 1.29 is 14.3 Å². The molecule has 0 amide bonds. The maximum absolute atomic E-state index is 9.58. The molecule has 5 heteroatoms. The molecule has 0 fully saturated rings. The minimum absolute atomic E-state index is 0.0254. The summed E-state index contributed by atoms with van der Waals surface area (Å²) < 4.78 is 11.7. The average molecular weight is 410 g/mol. The number of aromatic nitrogens is 2. The Kier molecular flexibility index (Phi) is 5.02. The van der Waals surface area contributed by atoms with Crippen LogP contribution in [0.4, 0.5) is 0 Å². The molecule has 0 bridgehead atoms. The Hall–Kier alpha value is -3.83. The monoisotopic (exact) mass is 410 g/mol. The Morgan fingerprint density at radius 1 is 0.968 bits per heavy atom. The first-order valence-electron chi connectivity index (χ1n) is 10.1. The lowest BCUT2D eigenvalue weighted by Crippen LogP contribution is -1.89. The van der Waals surface area contributed by atoms with Crippen LogP contribution in [0, 0.1) is 0 Å². The van der Waals surface area contributed by atoms with Gasteiger partial charge in [-0.2, -0.15) is 0 Å². The molecule has 0 saturated carbocycles. The molecule has 0 aliphatic rings. The van der Waals surface area contributed by atoms with Gasteiger partial charge in [-0.1, -0.05) is 48.5 Å². The van der Waals surface area contributed by atoms with Gasteiger partial charge in [-0.3, -0.25) is 0 Å². The molecule has 0 atom stereocenters. The number of aromatic amines is 1. The van der Waals surface area contributed by atoms with Crippen molar-refractivity contribution in [2.75, 3.05) is 7.11 Å². The van der Waals surface area contributed by atoms with Gasteiger partial charge in [-0.05, 0) is 35.4 Å². The quantitative estimate of drug-likeness (QED) is 0.383. The van der Waals surface area contributed by atoms with E-state index in [4.69, 9.17) is 14.1 Å². The number of hydrogen-bond acceptors (Lipinski definition) is 4. The molecule has 2 heterocycles. The number of aliphatic hydroxyl groups excluding tert-OH is 1. The highest BCUT2D eigenvalue weighted by molar-refractivity contribution is 5.83. The molecule has 3 aromatic carbocycles. The van der Waals surface area contributed by atoms with E-state index in [2.05, 4.69) is 17.1 Å². The van der Waals surface area contributed by atoms with Crippen molar-refractivity contribution in [1.29, 1.82) is 0 Å². The fourth-order valence-electron chi connectivity index (χ4n) is 3.85. The van der Waals surface area contributed by atoms with Gasteiger partial charge in [0.2, 0.25) is 0 Å². The van der Waals surface area contributed by atoms with Crippen molar-refractivity contribution in [1.82, 2.24) is 9.97 Å². The summed E-state index contributed by atoms with van der Waals surface area (Å²) in [6, 6.07) is 23.7. The van der Waals surface area contributed by atoms with Crippen LogP contribution in [0.5, 0.6) is 5.75 Å². The normalized spacial score (nSPS) is 11.2. The number of fused-ring (bicyclic) bond motifs is 1. The summed E-state index contributed by atoms with van der Waals surface area (Å²) >= 11 is 0. The number of oxazole rings is 1. The zero-order valence-electron chi connectivity index (χ0n) is 17.1. The van der Waals surface area contributed by atoms with Gasteiger partial charge in [0.15, 0.2) is 11.7 Å². The van der Waals surface area contributed by atoms with Crippen molar-refractivity contribution in [2.45, 2.75) is 13.0 Å². The average Bonchev–Trinajstić information content (AvgIpc) is 3.44. The molecular formula is C26H22N2O3. The number of hydrogen-bond donors (Lipinski definition) is 2. The highest BCUT2D eigenvalue weighted by atomic mass is 16.5. The second-order valence-corrected chi connectivity index (χ2v) is 7.41. The predicted molar refractivity (Wildman–Crippen MR) is 121 cm³/mol. The number of nitrogens with one attached hydrogen (secondary N) is 1. The van der Waals surface area contributed by atoms with Gasteiger partial charge in [-0.25, -0.2) is 4.98 Å². The predicted octanol–water partition coefficient (Wildman–Crippen LogP) is 5.58. The smallest absolute Gasteiger partial charge is 0.200 e. The number of methoxy groups -OCH3 is 1. The summed E-state index contributed by atoms with van der Waals surface area (Å²) in [5, 5.41) is 10.7. The van der Waals surface area contributed by atoms with Crippen LogP contribution >= 0.6 is 0 Å². The van der Waals surface area contributed by atoms with E-state index in [1.54, 1.807) is 7.11 Å². The first kappa shape index (κ1) is 19.2. The largest absolute Gasteiger partial charge is 0.497 e. The van der Waals surface area contributed by atoms with Crippen LogP contribution in [0.2, 0.25) is 0 Å². The van der Waals surface area contributed by atoms with Gasteiger partial charge in [0, 0.05) is 28.2 Å². The Morgan fingerprint density at radius 3 is 2.68 bits per heavy atom. The summed E-state index contributed by atoms with van der Waals surface area (Å²) in [5.74, 6) is 2.07. The Morgan fingerprint density at radius 2 is 1.81 bits per heavy atom. The van der Waals surface area contributed by atoms with Crippen molar-refractivity contribution in [2.24, 2.45) is 0 Å². The van der Waals surface area contributed by atoms with E-state index in [-0.39, 0.29) is 6.61 Å². The fourth-order valence-corrected chi connectivity index (χ4v) is 3.85. The molecule has 0 aliphatic heterocycles. The van der Waals surface area contributed by atoms with Gasteiger partial charge in [0.05, 0.1) is 20.1 Å². The molecule has 2 N–H and O–H groups in total. The number of para-hydroxylation sites is 1. The standard InChI is InChI=1S/C26H22N2O3/c1-30-21-9-5-8-19(13-21)26-25(18-7-4-6-17(12-18)16-29)28-24(31-26)14-20-15-27-23-11-3-2-10-22(20)23/h2-13,15,27,29H,14,16H2,1H3. The van der Waals surface area contributed by atoms with E-state index in [9.17, 15) is 5.11 Å². The number of rotatable bonds is 6. The molecule has 154 valence electrons. The minimum atomic E-state index is -0.0254. The lowest BCUT2D eigenvalue weighted by atomic mass is 10.0. The molecule has 5 aromatic rings. The van der Waals surface area contributed by atoms with Crippen molar-refractivity contribution in [3.8, 4) is 28.3 Å². The van der Waals surface area contributed by atoms with Crippen LogP contribution in [0.1, 0.15) is 17.0 Å². The van der Waals surface area contributed by atoms with E-state index < -0.39 is 0 Å². The molecule has 31 heavy (non-hydrogen) atoms. The van der Waals surface area contributed by atoms with E-state index in [1.165, 1.54) is 0 Å². The van der Waals surface area contributed by atoms with Crippen molar-refractivity contribution in [3.63, 3.8) is 0 Å². The molecule has 5 rings (SSSR count). The van der Waals surface area contributed by atoms with E-state index in [0.717, 1.165) is 44.6 Å². The Labute approximate surface area is 180 Å². The Bertz CT molecular complexity index is 1280. The second-order valence-electron chi connectivity index (χ2n) is 7.41. The third-order valence-electron chi connectivity index (χ3n) is 5.40. The number of H-pyrrole nitrogens is 1. The van der Waals surface area contributed by atoms with Crippen LogP contribution in [0.3, 0.4) is 0 Å². The number of ether oxygens (including phenoxy) is 1. The molecule has 0 spiro atoms. The van der Waals surface area contributed by atoms with Crippen LogP contribution < -0.4 is 4.74 Å². The van der Waals surface area contributed by atoms with Gasteiger partial charge in [0.1, 0.15) is 11.4 Å². The zero-order chi connectivity index (χ0) is 21.2. The van der Waals surface area contributed by atoms with Gasteiger partial charge < -0.3 is 19.2 Å². The van der Waals surface area contributed by atoms with Crippen molar-refractivity contribution in [3.05, 3.63) is 96.0 Å². The SMILES string of the molecule is COc1cccc(-c2oc(Cc3c[nH]c4ccccc34)nc2-c2cccc(CO)c2)c1. The lowest BCUT2D eigenvalue weighted by Gasteiger charge is -2.05. The summed E-state index contributed by atoms with van der Waals surface area (Å²) in [6.07, 6.45) is 2.58. The summed E-state index contributed by atoms with van der Waals surface area (Å²) in [7, 11) is 1.65. The number of nitrogens with zero attached hydrogens (tertiary/aromatic N) is 1. The maximum Gasteiger partial charge on any atom is 0.200 e. The second kappa shape index (κ2) is 8.13. The van der Waals surface area contributed by atoms with Gasteiger partial charge in [0.25, 0.3) is 0 Å². The summed E-state index contributed by atoms with van der Waals surface area (Å²) in [6.45, 7) is -0.0254. The van der Waals surface area contributed by atoms with Crippen LogP contribution in [0.15, 0.2) is 83.4 Å². The third-order valence-corrected chi connectivity index (χ3v) is 5.40. The summed E-state index contributed by atoms with van der Waals surface area (Å²) in [4.78, 5) is 8.18. The van der Waals surface area contributed by atoms with Gasteiger partial charge >= 0.3 is 0 Å². The molecule has 5 nitrogen and oxygen atoms in total. The first-order chi connectivity index (χ1) is 15.2. The van der Waals surface area contributed by atoms with E-state index in [1.807, 2.05) is 66.9 Å². The van der Waals surface area contributed by atoms with Gasteiger partial charge in [-0.15, -0.1) is 0 Å². The zero-order valence-corrected chi connectivity index (χ0v) is 17.1. The molecular weight excluding hydrogens is 388 g/mol. The third kappa shape index (κ3) is 3.71. The number of aliphatic hydroxyl groups is 1. The molecule has 0 unspecified atom stereocenters. The van der Waals surface area contributed by atoms with E-state index >= 15 is 0 Å². The lowest BCUT2D eigenvalue weighted by molar-refractivity contribution is 0.282. The fraction of sp³-hybridized carbons (Fsp3) is 0.115. The van der Waals surface area contributed by atoms with Crippen LogP contribution in [0.25, 0.3) is 33.5 Å². The van der Waals surface area contributed by atoms with Crippen LogP contribution in [-0.2, 0) is 13.0 Å². The van der Waals surface area contributed by atoms with E-state index in [0.29, 0.717) is 18.1 Å². The molecule has 0 saturated heterocycles. The molecule has 0 aliphatic carbocycles. The maximum atomic E-state index is 9.58. The molecule has 2 aromatic heterocycles. The number of benzene rings is 3. The minimum Gasteiger partial charge on any atom is -0.497 e.